The van der Waals surface area contributed by atoms with Gasteiger partial charge < -0.3 is 28.4 Å². The fraction of sp³-hybridized carbons (Fsp3) is 0.143. The van der Waals surface area contributed by atoms with E-state index >= 15 is 0 Å². The predicted molar refractivity (Wildman–Crippen MR) is 207 cm³/mol. The van der Waals surface area contributed by atoms with E-state index in [1.807, 2.05) is 36.4 Å². The number of ether oxygens (including phenoxy) is 6. The maximum Gasteiger partial charge on any atom is 0.187 e. The summed E-state index contributed by atoms with van der Waals surface area (Å²) in [6.07, 6.45) is 10.4. The van der Waals surface area contributed by atoms with E-state index in [0.717, 1.165) is 65.2 Å². The maximum absolute atomic E-state index is 6.32. The number of benzene rings is 4. The van der Waals surface area contributed by atoms with Gasteiger partial charge in [-0.15, -0.1) is 0 Å². The minimum Gasteiger partial charge on any atom is -0.492 e. The third-order valence-corrected chi connectivity index (χ3v) is 10.4. The first-order chi connectivity index (χ1) is 26.6. The first kappa shape index (κ1) is 31.6. The lowest BCUT2D eigenvalue weighted by Gasteiger charge is -2.28. The number of pyridine rings is 6. The predicted octanol–water partition coefficient (Wildman–Crippen LogP) is 8.34. The average molecular weight is 715 g/mol. The molecule has 0 unspecified atom stereocenters. The van der Waals surface area contributed by atoms with Crippen LogP contribution in [0, 0.1) is 0 Å². The van der Waals surface area contributed by atoms with E-state index in [2.05, 4.69) is 15.0 Å². The smallest absolute Gasteiger partial charge is 0.187 e. The van der Waals surface area contributed by atoms with Crippen molar-refractivity contribution in [2.24, 2.45) is 0 Å². The second-order valence-corrected chi connectivity index (χ2v) is 12.7. The highest BCUT2D eigenvalue weighted by Crippen LogP contribution is 2.62. The summed E-state index contributed by atoms with van der Waals surface area (Å²) in [7, 11) is 9.78. The molecule has 0 aliphatic carbocycles. The third-order valence-electron chi connectivity index (χ3n) is 10.4. The van der Waals surface area contributed by atoms with Crippen LogP contribution in [0.3, 0.4) is 0 Å². The molecule has 0 saturated carbocycles. The van der Waals surface area contributed by atoms with Gasteiger partial charge in [-0.1, -0.05) is 0 Å². The molecule has 10 aromatic rings. The van der Waals surface area contributed by atoms with Crippen molar-refractivity contribution >= 4 is 65.0 Å². The number of hydrogen-bond acceptors (Lipinski definition) is 12. The van der Waals surface area contributed by atoms with Gasteiger partial charge in [0.2, 0.25) is 0 Å². The summed E-state index contributed by atoms with van der Waals surface area (Å²) in [5, 5.41) is 7.26. The molecule has 0 radical (unpaired) electrons. The zero-order valence-corrected chi connectivity index (χ0v) is 30.1. The Balaban J connectivity index is 1.65. The fourth-order valence-electron chi connectivity index (χ4n) is 8.36. The lowest BCUT2D eigenvalue weighted by Crippen LogP contribution is -2.07. The average Bonchev–Trinajstić information content (AvgIpc) is 3.24. The van der Waals surface area contributed by atoms with Crippen molar-refractivity contribution in [2.45, 2.75) is 0 Å². The summed E-state index contributed by atoms with van der Waals surface area (Å²) in [5.41, 5.74) is 6.17. The van der Waals surface area contributed by atoms with Crippen molar-refractivity contribution in [2.75, 3.05) is 42.7 Å². The van der Waals surface area contributed by atoms with Gasteiger partial charge in [0.1, 0.15) is 16.6 Å². The molecule has 6 heterocycles. The van der Waals surface area contributed by atoms with Crippen LogP contribution in [-0.4, -0.2) is 72.6 Å². The second kappa shape index (κ2) is 11.7. The van der Waals surface area contributed by atoms with E-state index in [1.54, 1.807) is 79.8 Å². The zero-order valence-electron chi connectivity index (χ0n) is 30.1. The Kier molecular flexibility index (Phi) is 6.87. The van der Waals surface area contributed by atoms with Gasteiger partial charge >= 0.3 is 0 Å². The van der Waals surface area contributed by atoms with Crippen LogP contribution < -0.4 is 28.4 Å². The molecule has 10 rings (SSSR count). The van der Waals surface area contributed by atoms with Crippen molar-refractivity contribution in [3.8, 4) is 68.3 Å². The van der Waals surface area contributed by atoms with Crippen LogP contribution in [0.25, 0.3) is 98.8 Å². The highest BCUT2D eigenvalue weighted by molar-refractivity contribution is 6.48. The van der Waals surface area contributed by atoms with Crippen LogP contribution in [0.15, 0.2) is 73.6 Å². The molecule has 12 nitrogen and oxygen atoms in total. The Bertz CT molecular complexity index is 2690. The minimum absolute atomic E-state index is 0.457. The monoisotopic (exact) mass is 714 g/mol. The van der Waals surface area contributed by atoms with Crippen LogP contribution in [0.5, 0.6) is 34.5 Å². The summed E-state index contributed by atoms with van der Waals surface area (Å²) in [6, 6.07) is 11.5. The maximum atomic E-state index is 6.32. The summed E-state index contributed by atoms with van der Waals surface area (Å²) < 4.78 is 37.8. The Hall–Kier alpha value is -7.08. The van der Waals surface area contributed by atoms with Crippen molar-refractivity contribution in [3.05, 3.63) is 73.6 Å². The van der Waals surface area contributed by atoms with Gasteiger partial charge in [-0.2, -0.15) is 0 Å². The lowest BCUT2D eigenvalue weighted by atomic mass is 9.82. The van der Waals surface area contributed by atoms with E-state index in [0.29, 0.717) is 68.1 Å². The molecule has 4 aromatic carbocycles. The Morgan fingerprint density at radius 3 is 0.759 bits per heavy atom. The van der Waals surface area contributed by atoms with Gasteiger partial charge in [0.05, 0.1) is 75.9 Å². The van der Waals surface area contributed by atoms with Crippen LogP contribution in [0.2, 0.25) is 0 Å². The molecule has 0 bridgehead atoms. The molecule has 0 aliphatic rings. The molecular weight excluding hydrogens is 684 g/mol. The minimum atomic E-state index is 0.457. The van der Waals surface area contributed by atoms with Crippen molar-refractivity contribution in [1.82, 2.24) is 29.9 Å². The van der Waals surface area contributed by atoms with Gasteiger partial charge in [-0.25, -0.2) is 15.0 Å². The van der Waals surface area contributed by atoms with Crippen LogP contribution in [0.4, 0.5) is 0 Å². The first-order valence-corrected chi connectivity index (χ1v) is 17.0. The normalized spacial score (nSPS) is 11.9. The van der Waals surface area contributed by atoms with Crippen LogP contribution >= 0.6 is 0 Å². The van der Waals surface area contributed by atoms with Crippen LogP contribution in [0.1, 0.15) is 0 Å². The largest absolute Gasteiger partial charge is 0.492 e. The molecular formula is C42H30N6O6. The van der Waals surface area contributed by atoms with E-state index in [1.165, 1.54) is 0 Å². The highest BCUT2D eigenvalue weighted by Gasteiger charge is 2.37. The van der Waals surface area contributed by atoms with Gasteiger partial charge in [0.15, 0.2) is 34.5 Å². The van der Waals surface area contributed by atoms with Gasteiger partial charge in [0.25, 0.3) is 0 Å². The number of methoxy groups -OCH3 is 6. The lowest BCUT2D eigenvalue weighted by molar-refractivity contribution is 0.360. The fourth-order valence-corrected chi connectivity index (χ4v) is 8.36. The number of nitrogens with zero attached hydrogens (tertiary/aromatic N) is 6. The number of rotatable bonds is 9. The topological polar surface area (TPSA) is 133 Å². The molecule has 0 amide bonds. The molecule has 0 N–H and O–H groups in total. The quantitative estimate of drug-likeness (QED) is 0.105. The third kappa shape index (κ3) is 3.91. The standard InChI is InChI=1S/C42H30N6O6/c1-49-37-28-22-25-23-27-24-26(22)35(46-31(28)19-7-13-43-14-8-19)41(53-5)39(51-3)30(24)33(21-11-17-45-18-12-21)48-36(27)42(54-6)38(50-2)29(23)32(20-9-15-44-16-10-20)47-34(25)40(37)52-4/h7-18H,1-6H3. The zero-order chi connectivity index (χ0) is 36.8. The molecule has 54 heavy (non-hydrogen) atoms. The molecule has 264 valence electrons. The second-order valence-electron chi connectivity index (χ2n) is 12.7. The first-order valence-electron chi connectivity index (χ1n) is 17.0. The van der Waals surface area contributed by atoms with Crippen LogP contribution in [-0.2, 0) is 0 Å². The molecule has 0 aliphatic heterocycles. The van der Waals surface area contributed by atoms with Gasteiger partial charge in [-0.3, -0.25) is 15.0 Å². The van der Waals surface area contributed by atoms with Crippen molar-refractivity contribution in [3.63, 3.8) is 0 Å². The molecule has 0 fully saturated rings. The number of aromatic nitrogens is 6. The van der Waals surface area contributed by atoms with Gasteiger partial charge in [-0.05, 0) is 36.4 Å². The number of hydrogen-bond donors (Lipinski definition) is 0. The van der Waals surface area contributed by atoms with E-state index in [4.69, 9.17) is 43.4 Å². The Morgan fingerprint density at radius 1 is 0.296 bits per heavy atom. The molecule has 0 atom stereocenters. The van der Waals surface area contributed by atoms with E-state index in [9.17, 15) is 0 Å². The molecule has 0 spiro atoms. The summed E-state index contributed by atoms with van der Waals surface area (Å²) in [6.45, 7) is 0. The van der Waals surface area contributed by atoms with Gasteiger partial charge in [0, 0.05) is 86.2 Å². The molecule has 12 heteroatoms. The summed E-state index contributed by atoms with van der Waals surface area (Å²) in [4.78, 5) is 29.2. The highest BCUT2D eigenvalue weighted by atomic mass is 16.5. The van der Waals surface area contributed by atoms with E-state index in [-0.39, 0.29) is 0 Å². The molecule has 0 saturated heterocycles. The molecule has 6 aromatic heterocycles. The van der Waals surface area contributed by atoms with Crippen molar-refractivity contribution in [1.29, 1.82) is 0 Å². The van der Waals surface area contributed by atoms with Crippen molar-refractivity contribution < 1.29 is 28.4 Å². The van der Waals surface area contributed by atoms with E-state index < -0.39 is 0 Å². The summed E-state index contributed by atoms with van der Waals surface area (Å²) in [5.74, 6) is 2.83. The Morgan fingerprint density at radius 2 is 0.537 bits per heavy atom. The summed E-state index contributed by atoms with van der Waals surface area (Å²) >= 11 is 0. The Labute approximate surface area is 307 Å². The SMILES string of the molecule is COc1c(OC)c2c(-c3ccncc3)nc3c(OC)c(OC)c4c(-c5ccncc5)nc5c(OC)c(OC)c6c(-c7ccncc7)nc1c1c6c5c4c3c21.